The van der Waals surface area contributed by atoms with Gasteiger partial charge in [0, 0.05) is 12.1 Å². The summed E-state index contributed by atoms with van der Waals surface area (Å²) < 4.78 is 57.5. The van der Waals surface area contributed by atoms with Crippen LogP contribution in [0.15, 0.2) is 0 Å². The molecule has 0 saturated heterocycles. The molecule has 1 N–H and O–H groups in total. The second-order valence-electron chi connectivity index (χ2n) is 3.24. The number of carbonyl (C=O) groups excluding carboxylic acids is 1. The quantitative estimate of drug-likeness (QED) is 0.417. The van der Waals surface area contributed by atoms with E-state index >= 15 is 0 Å². The third kappa shape index (κ3) is 5.77. The van der Waals surface area contributed by atoms with E-state index in [1.165, 1.54) is 6.42 Å². The molecule has 0 bridgehead atoms. The number of rotatable bonds is 0. The molecule has 16 heavy (non-hydrogen) atoms. The zero-order chi connectivity index (χ0) is 13.0. The Hall–Kier alpha value is -0.200. The summed E-state index contributed by atoms with van der Waals surface area (Å²) in [6.07, 6.45) is 4.25. The molecule has 0 radical (unpaired) electrons. The molecule has 1 aliphatic rings. The van der Waals surface area contributed by atoms with Crippen molar-refractivity contribution in [2.45, 2.75) is 36.9 Å². The molecule has 1 rings (SSSR count). The second kappa shape index (κ2) is 5.93. The van der Waals surface area contributed by atoms with Crippen LogP contribution >= 0.6 is 9.24 Å². The molecule has 2 atom stereocenters. The Morgan fingerprint density at radius 2 is 1.75 bits per heavy atom. The maximum Gasteiger partial charge on any atom is 0.522 e. The van der Waals surface area contributed by atoms with Gasteiger partial charge in [0.15, 0.2) is 0 Å². The Balaban J connectivity index is 0.000000281. The summed E-state index contributed by atoms with van der Waals surface area (Å²) in [6, 6.07) is 0. The topological polar surface area (TPSA) is 71.4 Å². The van der Waals surface area contributed by atoms with Crippen LogP contribution in [-0.2, 0) is 14.9 Å². The number of hydrogen-bond acceptors (Lipinski definition) is 3. The van der Waals surface area contributed by atoms with Crippen LogP contribution in [0.4, 0.5) is 13.2 Å². The predicted molar refractivity (Wildman–Crippen MR) is 54.6 cm³/mol. The van der Waals surface area contributed by atoms with E-state index in [1.54, 1.807) is 0 Å². The zero-order valence-corrected chi connectivity index (χ0v) is 10.2. The van der Waals surface area contributed by atoms with Crippen molar-refractivity contribution < 1.29 is 30.9 Å². The van der Waals surface area contributed by atoms with Gasteiger partial charge >= 0.3 is 15.6 Å². The first-order valence-electron chi connectivity index (χ1n) is 4.37. The first-order chi connectivity index (χ1) is 7.05. The molecular weight excluding hydrogens is 268 g/mol. The van der Waals surface area contributed by atoms with Gasteiger partial charge < -0.3 is 0 Å². The van der Waals surface area contributed by atoms with Gasteiger partial charge in [-0.2, -0.15) is 21.6 Å². The average Bonchev–Trinajstić information content (AvgIpc) is 2.08. The highest BCUT2D eigenvalue weighted by Crippen LogP contribution is 2.21. The minimum Gasteiger partial charge on any atom is -0.299 e. The van der Waals surface area contributed by atoms with Gasteiger partial charge in [0.05, 0.1) is 0 Å². The van der Waals surface area contributed by atoms with Gasteiger partial charge in [0.1, 0.15) is 5.78 Å². The van der Waals surface area contributed by atoms with Crippen molar-refractivity contribution in [1.29, 1.82) is 0 Å². The van der Waals surface area contributed by atoms with Gasteiger partial charge in [-0.15, -0.1) is 9.24 Å². The average molecular weight is 280 g/mol. The Labute approximate surface area is 93.5 Å². The summed E-state index contributed by atoms with van der Waals surface area (Å²) in [4.78, 5) is 10.8. The fourth-order valence-electron chi connectivity index (χ4n) is 1.01. The molecule has 1 aliphatic carbocycles. The number of carbonyl (C=O) groups is 1. The molecule has 1 saturated carbocycles. The molecule has 1 fully saturated rings. The molecule has 4 nitrogen and oxygen atoms in total. The van der Waals surface area contributed by atoms with Crippen molar-refractivity contribution >= 4 is 25.1 Å². The molecular formula is C7H12F3O4PS. The van der Waals surface area contributed by atoms with Crippen molar-refractivity contribution in [3.05, 3.63) is 0 Å². The molecule has 9 heteroatoms. The van der Waals surface area contributed by atoms with Crippen LogP contribution < -0.4 is 0 Å². The Morgan fingerprint density at radius 1 is 1.31 bits per heavy atom. The summed E-state index contributed by atoms with van der Waals surface area (Å²) in [6.45, 7) is 0. The van der Waals surface area contributed by atoms with Gasteiger partial charge in [0.2, 0.25) is 0 Å². The maximum atomic E-state index is 10.8. The molecule has 2 unspecified atom stereocenters. The third-order valence-corrected chi connectivity index (χ3v) is 3.18. The van der Waals surface area contributed by atoms with E-state index in [4.69, 9.17) is 13.0 Å². The molecule has 0 aromatic carbocycles. The van der Waals surface area contributed by atoms with E-state index < -0.39 is 15.6 Å². The summed E-state index contributed by atoms with van der Waals surface area (Å²) in [5.74, 6) is 0.432. The molecule has 0 spiro atoms. The lowest BCUT2D eigenvalue weighted by Crippen LogP contribution is -2.21. The number of halogens is 3. The van der Waals surface area contributed by atoms with Gasteiger partial charge in [-0.05, 0) is 12.8 Å². The number of hydrogen-bond donors (Lipinski definition) is 1. The van der Waals surface area contributed by atoms with Crippen molar-refractivity contribution in [2.75, 3.05) is 0 Å². The highest BCUT2D eigenvalue weighted by atomic mass is 32.2. The van der Waals surface area contributed by atoms with E-state index in [9.17, 15) is 18.0 Å². The van der Waals surface area contributed by atoms with E-state index in [0.29, 0.717) is 5.78 Å². The second-order valence-corrected chi connectivity index (χ2v) is 5.46. The zero-order valence-electron chi connectivity index (χ0n) is 8.20. The Bertz CT molecular complexity index is 338. The van der Waals surface area contributed by atoms with Crippen molar-refractivity contribution in [1.82, 2.24) is 0 Å². The largest absolute Gasteiger partial charge is 0.522 e. The van der Waals surface area contributed by atoms with Gasteiger partial charge in [-0.1, -0.05) is 6.42 Å². The first kappa shape index (κ1) is 15.8. The van der Waals surface area contributed by atoms with Crippen molar-refractivity contribution in [2.24, 2.45) is 0 Å². The maximum absolute atomic E-state index is 10.8. The van der Waals surface area contributed by atoms with Crippen LogP contribution in [0, 0.1) is 0 Å². The minimum atomic E-state index is -5.84. The molecule has 0 amide bonds. The number of Topliss-reactive ketones (excluding diaryl/α,β-unsaturated/α-hetero) is 1. The lowest BCUT2D eigenvalue weighted by molar-refractivity contribution is -0.119. The molecule has 96 valence electrons. The van der Waals surface area contributed by atoms with Crippen LogP contribution in [-0.4, -0.2) is 29.9 Å². The SMILES string of the molecule is O=C1CCCCC1P.O=S(=O)(O)C(F)(F)F. The fourth-order valence-corrected chi connectivity index (χ4v) is 1.41. The highest BCUT2D eigenvalue weighted by Gasteiger charge is 2.44. The van der Waals surface area contributed by atoms with Crippen molar-refractivity contribution in [3.8, 4) is 0 Å². The summed E-state index contributed by atoms with van der Waals surface area (Å²) in [7, 11) is -3.24. The van der Waals surface area contributed by atoms with E-state index in [0.717, 1.165) is 19.3 Å². The lowest BCUT2D eigenvalue weighted by atomic mass is 9.99. The molecule has 0 aliphatic heterocycles. The van der Waals surface area contributed by atoms with Gasteiger partial charge in [0.25, 0.3) is 0 Å². The van der Waals surface area contributed by atoms with Crippen LogP contribution in [0.5, 0.6) is 0 Å². The van der Waals surface area contributed by atoms with E-state index in [2.05, 4.69) is 9.24 Å². The Kier molecular flexibility index (Phi) is 5.86. The van der Waals surface area contributed by atoms with Crippen LogP contribution in [0.25, 0.3) is 0 Å². The summed E-state index contributed by atoms with van der Waals surface area (Å²) in [5.41, 5.74) is -5.25. The third-order valence-electron chi connectivity index (χ3n) is 1.89. The van der Waals surface area contributed by atoms with E-state index in [-0.39, 0.29) is 5.66 Å². The number of alkyl halides is 3. The Morgan fingerprint density at radius 3 is 1.94 bits per heavy atom. The van der Waals surface area contributed by atoms with E-state index in [1.807, 2.05) is 0 Å². The van der Waals surface area contributed by atoms with Crippen LogP contribution in [0.1, 0.15) is 25.7 Å². The lowest BCUT2D eigenvalue weighted by Gasteiger charge is -2.14. The van der Waals surface area contributed by atoms with Gasteiger partial charge in [-0.3, -0.25) is 9.35 Å². The minimum absolute atomic E-state index is 0.281. The van der Waals surface area contributed by atoms with Crippen molar-refractivity contribution in [3.63, 3.8) is 0 Å². The standard InChI is InChI=1S/C6H11OP.CHF3O3S/c7-5-3-1-2-4-6(5)8;2-1(3,4)8(5,6)7/h6H,1-4,8H2;(H,5,6,7). The number of ketones is 1. The smallest absolute Gasteiger partial charge is 0.299 e. The first-order valence-corrected chi connectivity index (χ1v) is 6.48. The fraction of sp³-hybridized carbons (Fsp3) is 0.857. The molecule has 0 aromatic heterocycles. The van der Waals surface area contributed by atoms with Gasteiger partial charge in [-0.25, -0.2) is 0 Å². The molecule has 0 heterocycles. The highest BCUT2D eigenvalue weighted by molar-refractivity contribution is 7.86. The van der Waals surface area contributed by atoms with Crippen LogP contribution in [0.3, 0.4) is 0 Å². The summed E-state index contributed by atoms with van der Waals surface area (Å²) >= 11 is 0. The predicted octanol–water partition coefficient (Wildman–Crippen LogP) is 1.77. The monoisotopic (exact) mass is 280 g/mol. The summed E-state index contributed by atoms with van der Waals surface area (Å²) in [5, 5.41) is 0. The van der Waals surface area contributed by atoms with Crippen LogP contribution in [0.2, 0.25) is 0 Å². The molecule has 0 aromatic rings. The normalized spacial score (nSPS) is 22.3.